The minimum atomic E-state index is -1.25. The molecule has 0 bridgehead atoms. The van der Waals surface area contributed by atoms with Crippen molar-refractivity contribution in [1.82, 2.24) is 0 Å². The maximum Gasteiger partial charge on any atom is 0.335 e. The fourth-order valence-electron chi connectivity index (χ4n) is 0.506. The third kappa shape index (κ3) is 4.44. The Balaban J connectivity index is 3.76. The van der Waals surface area contributed by atoms with Crippen molar-refractivity contribution < 1.29 is 24.5 Å². The molecule has 0 spiro atoms. The summed E-state index contributed by atoms with van der Waals surface area (Å²) in [6.07, 6.45) is -0.984. The molecule has 6 heteroatoms. The zero-order valence-corrected chi connectivity index (χ0v) is 7.27. The maximum absolute atomic E-state index is 10.8. The molecule has 2 atom stereocenters. The van der Waals surface area contributed by atoms with E-state index in [1.807, 2.05) is 0 Å². The number of aliphatic carboxylic acids is 1. The van der Waals surface area contributed by atoms with Gasteiger partial charge in [0.1, 0.15) is 12.6 Å². The van der Waals surface area contributed by atoms with Gasteiger partial charge < -0.3 is 20.7 Å². The van der Waals surface area contributed by atoms with Gasteiger partial charge >= 0.3 is 11.9 Å². The van der Waals surface area contributed by atoms with E-state index in [0.29, 0.717) is 0 Å². The fraction of sp³-hybridized carbons (Fsp3) is 0.714. The third-order valence-electron chi connectivity index (χ3n) is 1.38. The molecule has 0 rings (SSSR count). The van der Waals surface area contributed by atoms with Gasteiger partial charge in [0.2, 0.25) is 0 Å². The first-order valence-electron chi connectivity index (χ1n) is 3.82. The van der Waals surface area contributed by atoms with Crippen LogP contribution in [0.15, 0.2) is 0 Å². The molecule has 0 amide bonds. The molecule has 0 aliphatic rings. The van der Waals surface area contributed by atoms with E-state index < -0.39 is 30.7 Å². The van der Waals surface area contributed by atoms with Crippen LogP contribution in [0.1, 0.15) is 13.3 Å². The molecule has 0 fully saturated rings. The molecule has 0 aromatic rings. The Morgan fingerprint density at radius 1 is 1.54 bits per heavy atom. The van der Waals surface area contributed by atoms with Gasteiger partial charge in [-0.3, -0.25) is 4.79 Å². The van der Waals surface area contributed by atoms with Crippen LogP contribution < -0.4 is 5.73 Å². The van der Waals surface area contributed by atoms with Crippen molar-refractivity contribution in [3.63, 3.8) is 0 Å². The first-order chi connectivity index (χ1) is 5.99. The average Bonchev–Trinajstić information content (AvgIpc) is 2.11. The Bertz CT molecular complexity index is 193. The monoisotopic (exact) mass is 191 g/mol. The minimum Gasteiger partial charge on any atom is -0.480 e. The van der Waals surface area contributed by atoms with Crippen molar-refractivity contribution in [3.8, 4) is 0 Å². The van der Waals surface area contributed by atoms with Gasteiger partial charge in [-0.15, -0.1) is 0 Å². The number of carboxylic acids is 1. The number of ether oxygens (including phenoxy) is 1. The average molecular weight is 191 g/mol. The number of hydrogen-bond donors (Lipinski definition) is 3. The highest BCUT2D eigenvalue weighted by Crippen LogP contribution is 1.94. The first kappa shape index (κ1) is 11.9. The van der Waals surface area contributed by atoms with Gasteiger partial charge in [-0.1, -0.05) is 6.92 Å². The van der Waals surface area contributed by atoms with Gasteiger partial charge in [0.15, 0.2) is 6.10 Å². The zero-order chi connectivity index (χ0) is 10.4. The molecule has 6 nitrogen and oxygen atoms in total. The number of aliphatic hydroxyl groups excluding tert-OH is 1. The number of aliphatic hydroxyl groups is 1. The summed E-state index contributed by atoms with van der Waals surface area (Å²) in [5.41, 5.74) is 5.05. The van der Waals surface area contributed by atoms with E-state index in [-0.39, 0.29) is 6.42 Å². The Labute approximate surface area is 75.3 Å². The topological polar surface area (TPSA) is 110 Å². The van der Waals surface area contributed by atoms with Crippen LogP contribution in [0.3, 0.4) is 0 Å². The summed E-state index contributed by atoms with van der Waals surface area (Å²) in [5, 5.41) is 17.2. The predicted molar refractivity (Wildman–Crippen MR) is 42.9 cm³/mol. The van der Waals surface area contributed by atoms with E-state index in [4.69, 9.17) is 15.9 Å². The van der Waals surface area contributed by atoms with Crippen LogP contribution in [-0.4, -0.2) is 40.9 Å². The Kier molecular flexibility index (Phi) is 5.01. The minimum absolute atomic E-state index is 0.223. The van der Waals surface area contributed by atoms with Gasteiger partial charge in [0.25, 0.3) is 0 Å². The summed E-state index contributed by atoms with van der Waals surface area (Å²) in [4.78, 5) is 21.0. The van der Waals surface area contributed by atoms with Crippen LogP contribution in [0.4, 0.5) is 0 Å². The molecule has 0 aliphatic heterocycles. The van der Waals surface area contributed by atoms with Gasteiger partial charge in [0.05, 0.1) is 0 Å². The molecule has 13 heavy (non-hydrogen) atoms. The SMILES string of the molecule is CCC(O)C(=O)OC[C@H](N)C(=O)O. The Hall–Kier alpha value is -1.14. The van der Waals surface area contributed by atoms with Crippen LogP contribution in [0.25, 0.3) is 0 Å². The van der Waals surface area contributed by atoms with Crippen molar-refractivity contribution in [2.45, 2.75) is 25.5 Å². The highest BCUT2D eigenvalue weighted by Gasteiger charge is 2.18. The normalized spacial score (nSPS) is 14.7. The third-order valence-corrected chi connectivity index (χ3v) is 1.38. The van der Waals surface area contributed by atoms with E-state index in [0.717, 1.165) is 0 Å². The second kappa shape index (κ2) is 5.50. The Morgan fingerprint density at radius 3 is 2.46 bits per heavy atom. The molecule has 0 saturated heterocycles. The number of carbonyl (C=O) groups is 2. The molecule has 1 unspecified atom stereocenters. The standard InChI is InChI=1S/C7H13NO5/c1-2-5(9)7(12)13-3-4(8)6(10)11/h4-5,9H,2-3,8H2,1H3,(H,10,11)/t4-,5?/m0/s1. The van der Waals surface area contributed by atoms with E-state index >= 15 is 0 Å². The van der Waals surface area contributed by atoms with Crippen LogP contribution >= 0.6 is 0 Å². The highest BCUT2D eigenvalue weighted by molar-refractivity contribution is 5.76. The summed E-state index contributed by atoms with van der Waals surface area (Å²) in [5.74, 6) is -2.10. The quantitative estimate of drug-likeness (QED) is 0.466. The molecule has 0 saturated carbocycles. The number of esters is 1. The lowest BCUT2D eigenvalue weighted by atomic mass is 10.3. The highest BCUT2D eigenvalue weighted by atomic mass is 16.5. The molecule has 0 aromatic carbocycles. The summed E-state index contributed by atoms with van der Waals surface area (Å²) >= 11 is 0. The van der Waals surface area contributed by atoms with E-state index in [9.17, 15) is 9.59 Å². The molecular weight excluding hydrogens is 178 g/mol. The predicted octanol–water partition coefficient (Wildman–Crippen LogP) is -1.29. The van der Waals surface area contributed by atoms with Crippen LogP contribution in [0.2, 0.25) is 0 Å². The zero-order valence-electron chi connectivity index (χ0n) is 7.27. The lowest BCUT2D eigenvalue weighted by Crippen LogP contribution is -2.37. The van der Waals surface area contributed by atoms with Gasteiger partial charge in [-0.25, -0.2) is 4.79 Å². The van der Waals surface area contributed by atoms with Gasteiger partial charge in [-0.2, -0.15) is 0 Å². The van der Waals surface area contributed by atoms with Crippen molar-refractivity contribution in [2.75, 3.05) is 6.61 Å². The Morgan fingerprint density at radius 2 is 2.08 bits per heavy atom. The summed E-state index contributed by atoms with van der Waals surface area (Å²) in [6, 6.07) is -1.24. The molecule has 0 heterocycles. The number of carbonyl (C=O) groups excluding carboxylic acids is 1. The van der Waals surface area contributed by atoms with Crippen molar-refractivity contribution in [1.29, 1.82) is 0 Å². The molecule has 4 N–H and O–H groups in total. The van der Waals surface area contributed by atoms with Crippen LogP contribution in [0, 0.1) is 0 Å². The van der Waals surface area contributed by atoms with Crippen molar-refractivity contribution in [2.24, 2.45) is 5.73 Å². The second-order valence-electron chi connectivity index (χ2n) is 2.50. The van der Waals surface area contributed by atoms with Crippen LogP contribution in [0.5, 0.6) is 0 Å². The molecule has 0 radical (unpaired) electrons. The molecule has 0 aliphatic carbocycles. The maximum atomic E-state index is 10.8. The van der Waals surface area contributed by atoms with Crippen molar-refractivity contribution in [3.05, 3.63) is 0 Å². The van der Waals surface area contributed by atoms with E-state index in [2.05, 4.69) is 4.74 Å². The summed E-state index contributed by atoms with van der Waals surface area (Å²) in [7, 11) is 0. The first-order valence-corrected chi connectivity index (χ1v) is 3.82. The molecular formula is C7H13NO5. The van der Waals surface area contributed by atoms with E-state index in [1.165, 1.54) is 0 Å². The molecule has 76 valence electrons. The number of nitrogens with two attached hydrogens (primary N) is 1. The number of rotatable bonds is 5. The number of carboxylic acid groups (broad SMARTS) is 1. The van der Waals surface area contributed by atoms with Crippen molar-refractivity contribution >= 4 is 11.9 Å². The van der Waals surface area contributed by atoms with E-state index in [1.54, 1.807) is 6.92 Å². The number of hydrogen-bond acceptors (Lipinski definition) is 5. The lowest BCUT2D eigenvalue weighted by Gasteiger charge is -2.10. The smallest absolute Gasteiger partial charge is 0.335 e. The molecule has 0 aromatic heterocycles. The van der Waals surface area contributed by atoms with Gasteiger partial charge in [-0.05, 0) is 6.42 Å². The second-order valence-corrected chi connectivity index (χ2v) is 2.50. The van der Waals surface area contributed by atoms with Crippen LogP contribution in [-0.2, 0) is 14.3 Å². The fourth-order valence-corrected chi connectivity index (χ4v) is 0.506. The lowest BCUT2D eigenvalue weighted by molar-refractivity contribution is -0.156. The summed E-state index contributed by atoms with van der Waals surface area (Å²) < 4.78 is 4.42. The largest absolute Gasteiger partial charge is 0.480 e. The van der Waals surface area contributed by atoms with Gasteiger partial charge in [0, 0.05) is 0 Å². The summed E-state index contributed by atoms with van der Waals surface area (Å²) in [6.45, 7) is 1.17.